The zero-order valence-electron chi connectivity index (χ0n) is 15.5. The van der Waals surface area contributed by atoms with Gasteiger partial charge >= 0.3 is 0 Å². The number of halogens is 1. The van der Waals surface area contributed by atoms with Crippen LogP contribution >= 0.6 is 11.6 Å². The Labute approximate surface area is 169 Å². The normalized spacial score (nSPS) is 10.5. The van der Waals surface area contributed by atoms with E-state index in [9.17, 15) is 14.4 Å². The van der Waals surface area contributed by atoms with Gasteiger partial charge in [0.2, 0.25) is 17.7 Å². The van der Waals surface area contributed by atoms with Crippen LogP contribution in [0.25, 0.3) is 6.08 Å². The summed E-state index contributed by atoms with van der Waals surface area (Å²) in [5, 5.41) is 8.79. The molecule has 0 radical (unpaired) electrons. The molecule has 0 aliphatic carbocycles. The molecule has 0 saturated carbocycles. The van der Waals surface area contributed by atoms with Crippen LogP contribution < -0.4 is 16.0 Å². The van der Waals surface area contributed by atoms with Crippen LogP contribution in [0.15, 0.2) is 54.6 Å². The Bertz CT molecular complexity index is 846. The molecule has 0 aliphatic rings. The molecular weight excluding hydrogens is 378 g/mol. The van der Waals surface area contributed by atoms with Crippen molar-refractivity contribution in [1.29, 1.82) is 0 Å². The number of amides is 3. The van der Waals surface area contributed by atoms with Crippen molar-refractivity contribution in [3.05, 3.63) is 65.2 Å². The molecule has 28 heavy (non-hydrogen) atoms. The van der Waals surface area contributed by atoms with Crippen LogP contribution in [-0.4, -0.2) is 24.3 Å². The van der Waals surface area contributed by atoms with Gasteiger partial charge in [-0.25, -0.2) is 0 Å². The average molecular weight is 400 g/mol. The molecule has 2 aromatic carbocycles. The zero-order chi connectivity index (χ0) is 20.4. The molecule has 146 valence electrons. The highest BCUT2D eigenvalue weighted by Crippen LogP contribution is 2.13. The van der Waals surface area contributed by atoms with Crippen molar-refractivity contribution in [3.63, 3.8) is 0 Å². The molecule has 0 aromatic heterocycles. The van der Waals surface area contributed by atoms with E-state index < -0.39 is 0 Å². The Kier molecular flexibility index (Phi) is 8.24. The Hall–Kier alpha value is -3.12. The van der Waals surface area contributed by atoms with Crippen LogP contribution in [0.5, 0.6) is 0 Å². The van der Waals surface area contributed by atoms with E-state index in [1.165, 1.54) is 13.0 Å². The first-order chi connectivity index (χ1) is 13.4. The number of rotatable bonds is 8. The largest absolute Gasteiger partial charge is 0.353 e. The molecule has 0 atom stereocenters. The lowest BCUT2D eigenvalue weighted by molar-refractivity contribution is -0.118. The Morgan fingerprint density at radius 1 is 0.929 bits per heavy atom. The molecule has 0 bridgehead atoms. The molecular formula is C21H22ClN3O3. The summed E-state index contributed by atoms with van der Waals surface area (Å²) in [6.07, 6.45) is 3.95. The first-order valence-corrected chi connectivity index (χ1v) is 9.19. The van der Waals surface area contributed by atoms with E-state index in [1.54, 1.807) is 54.6 Å². The van der Waals surface area contributed by atoms with E-state index >= 15 is 0 Å². The molecule has 2 aromatic rings. The summed E-state index contributed by atoms with van der Waals surface area (Å²) in [7, 11) is 0. The van der Waals surface area contributed by atoms with Gasteiger partial charge in [0, 0.05) is 42.4 Å². The predicted molar refractivity (Wildman–Crippen MR) is 112 cm³/mol. The van der Waals surface area contributed by atoms with Gasteiger partial charge in [0.1, 0.15) is 0 Å². The number of hydrogen-bond acceptors (Lipinski definition) is 3. The zero-order valence-corrected chi connectivity index (χ0v) is 16.3. The molecule has 3 amide bonds. The van der Waals surface area contributed by atoms with Gasteiger partial charge < -0.3 is 16.0 Å². The molecule has 0 saturated heterocycles. The standard InChI is InChI=1S/C21H22ClN3O3/c1-15(26)24-18-9-4-16(5-10-18)6-13-20(27)23-14-2-3-21(28)25-19-11-7-17(22)8-12-19/h4-13H,2-3,14H2,1H3,(H,23,27)(H,24,26)(H,25,28). The third-order valence-electron chi connectivity index (χ3n) is 3.67. The highest BCUT2D eigenvalue weighted by molar-refractivity contribution is 6.30. The SMILES string of the molecule is CC(=O)Nc1ccc(C=CC(=O)NCCCC(=O)Nc2ccc(Cl)cc2)cc1. The summed E-state index contributed by atoms with van der Waals surface area (Å²) in [6, 6.07) is 14.0. The van der Waals surface area contributed by atoms with E-state index in [0.29, 0.717) is 35.8 Å². The van der Waals surface area contributed by atoms with E-state index in [-0.39, 0.29) is 17.7 Å². The molecule has 0 aliphatic heterocycles. The summed E-state index contributed by atoms with van der Waals surface area (Å²) in [5.41, 5.74) is 2.23. The summed E-state index contributed by atoms with van der Waals surface area (Å²) >= 11 is 5.80. The van der Waals surface area contributed by atoms with Crippen molar-refractivity contribution in [1.82, 2.24) is 5.32 Å². The lowest BCUT2D eigenvalue weighted by atomic mass is 10.2. The Morgan fingerprint density at radius 3 is 2.18 bits per heavy atom. The quantitative estimate of drug-likeness (QED) is 0.465. The molecule has 0 spiro atoms. The van der Waals surface area contributed by atoms with Crippen LogP contribution in [0.1, 0.15) is 25.3 Å². The van der Waals surface area contributed by atoms with Gasteiger partial charge in [-0.15, -0.1) is 0 Å². The van der Waals surface area contributed by atoms with E-state index in [0.717, 1.165) is 5.56 Å². The minimum absolute atomic E-state index is 0.119. The van der Waals surface area contributed by atoms with Gasteiger partial charge in [-0.05, 0) is 54.5 Å². The van der Waals surface area contributed by atoms with Gasteiger partial charge in [0.15, 0.2) is 0 Å². The van der Waals surface area contributed by atoms with Crippen molar-refractivity contribution < 1.29 is 14.4 Å². The molecule has 0 unspecified atom stereocenters. The summed E-state index contributed by atoms with van der Waals surface area (Å²) in [5.74, 6) is -0.486. The van der Waals surface area contributed by atoms with E-state index in [1.807, 2.05) is 0 Å². The second-order valence-electron chi connectivity index (χ2n) is 6.09. The summed E-state index contributed by atoms with van der Waals surface area (Å²) in [6.45, 7) is 1.85. The molecule has 7 heteroatoms. The monoisotopic (exact) mass is 399 g/mol. The summed E-state index contributed by atoms with van der Waals surface area (Å²) in [4.78, 5) is 34.7. The first-order valence-electron chi connectivity index (χ1n) is 8.81. The maximum atomic E-state index is 11.9. The topological polar surface area (TPSA) is 87.3 Å². The number of anilines is 2. The van der Waals surface area contributed by atoms with Crippen LogP contribution in [0.2, 0.25) is 5.02 Å². The van der Waals surface area contributed by atoms with Gasteiger partial charge in [-0.2, -0.15) is 0 Å². The fourth-order valence-corrected chi connectivity index (χ4v) is 2.45. The lowest BCUT2D eigenvalue weighted by Crippen LogP contribution is -2.23. The van der Waals surface area contributed by atoms with Crippen LogP contribution in [0.4, 0.5) is 11.4 Å². The predicted octanol–water partition coefficient (Wildman–Crippen LogP) is 3.85. The van der Waals surface area contributed by atoms with Crippen molar-refractivity contribution >= 4 is 46.8 Å². The fraction of sp³-hybridized carbons (Fsp3) is 0.190. The smallest absolute Gasteiger partial charge is 0.243 e. The maximum absolute atomic E-state index is 11.9. The minimum atomic E-state index is -0.232. The third kappa shape index (κ3) is 8.05. The molecule has 3 N–H and O–H groups in total. The lowest BCUT2D eigenvalue weighted by Gasteiger charge is -2.06. The van der Waals surface area contributed by atoms with Crippen molar-refractivity contribution in [2.45, 2.75) is 19.8 Å². The molecule has 2 rings (SSSR count). The Morgan fingerprint density at radius 2 is 1.54 bits per heavy atom. The van der Waals surface area contributed by atoms with Crippen molar-refractivity contribution in [3.8, 4) is 0 Å². The van der Waals surface area contributed by atoms with E-state index in [2.05, 4.69) is 16.0 Å². The van der Waals surface area contributed by atoms with Gasteiger partial charge in [-0.3, -0.25) is 14.4 Å². The second kappa shape index (κ2) is 10.9. The Balaban J connectivity index is 1.66. The highest BCUT2D eigenvalue weighted by atomic mass is 35.5. The van der Waals surface area contributed by atoms with Crippen LogP contribution in [-0.2, 0) is 14.4 Å². The fourth-order valence-electron chi connectivity index (χ4n) is 2.33. The third-order valence-corrected chi connectivity index (χ3v) is 3.92. The van der Waals surface area contributed by atoms with E-state index in [4.69, 9.17) is 11.6 Å². The maximum Gasteiger partial charge on any atom is 0.243 e. The van der Waals surface area contributed by atoms with Crippen molar-refractivity contribution in [2.24, 2.45) is 0 Å². The van der Waals surface area contributed by atoms with Gasteiger partial charge in [-0.1, -0.05) is 23.7 Å². The highest BCUT2D eigenvalue weighted by Gasteiger charge is 2.03. The van der Waals surface area contributed by atoms with Crippen LogP contribution in [0, 0.1) is 0 Å². The minimum Gasteiger partial charge on any atom is -0.353 e. The molecule has 0 heterocycles. The molecule has 0 fully saturated rings. The number of nitrogens with one attached hydrogen (secondary N) is 3. The first kappa shape index (κ1) is 21.2. The number of carbonyl (C=O) groups excluding carboxylic acids is 3. The summed E-state index contributed by atoms with van der Waals surface area (Å²) < 4.78 is 0. The second-order valence-corrected chi connectivity index (χ2v) is 6.52. The number of benzene rings is 2. The van der Waals surface area contributed by atoms with Crippen molar-refractivity contribution in [2.75, 3.05) is 17.2 Å². The van der Waals surface area contributed by atoms with Gasteiger partial charge in [0.05, 0.1) is 0 Å². The number of carbonyl (C=O) groups is 3. The number of hydrogen-bond donors (Lipinski definition) is 3. The van der Waals surface area contributed by atoms with Crippen LogP contribution in [0.3, 0.4) is 0 Å². The molecule has 6 nitrogen and oxygen atoms in total. The van der Waals surface area contributed by atoms with Gasteiger partial charge in [0.25, 0.3) is 0 Å². The average Bonchev–Trinajstić information content (AvgIpc) is 2.66.